The Labute approximate surface area is 139 Å². The van der Waals surface area contributed by atoms with Gasteiger partial charge < -0.3 is 10.7 Å². The van der Waals surface area contributed by atoms with Crippen molar-refractivity contribution in [3.05, 3.63) is 42.7 Å². The second kappa shape index (κ2) is 5.92. The Morgan fingerprint density at radius 2 is 2.21 bits per heavy atom. The third-order valence-electron chi connectivity index (χ3n) is 4.46. The van der Waals surface area contributed by atoms with Crippen LogP contribution in [-0.2, 0) is 0 Å². The fraction of sp³-hybridized carbons (Fsp3) is 0.294. The lowest BCUT2D eigenvalue weighted by molar-refractivity contribution is 0.289. The summed E-state index contributed by atoms with van der Waals surface area (Å²) in [4.78, 5) is 4.78. The van der Waals surface area contributed by atoms with E-state index in [-0.39, 0.29) is 0 Å². The topological polar surface area (TPSA) is 83.9 Å². The van der Waals surface area contributed by atoms with E-state index in [1.54, 1.807) is 24.0 Å². The summed E-state index contributed by atoms with van der Waals surface area (Å²) in [6.45, 7) is 0. The first-order valence-corrected chi connectivity index (χ1v) is 8.07. The van der Waals surface area contributed by atoms with Crippen LogP contribution in [0.5, 0.6) is 0 Å². The molecule has 1 aliphatic rings. The Bertz CT molecular complexity index is 914. The molecule has 0 unspecified atom stereocenters. The molecule has 7 heteroatoms. The summed E-state index contributed by atoms with van der Waals surface area (Å²) in [6.07, 6.45) is 14.2. The third kappa shape index (κ3) is 2.38. The fourth-order valence-corrected chi connectivity index (χ4v) is 2.93. The van der Waals surface area contributed by atoms with E-state index < -0.39 is 0 Å². The summed E-state index contributed by atoms with van der Waals surface area (Å²) in [5.74, 6) is 0. The molecule has 3 heterocycles. The van der Waals surface area contributed by atoms with Crippen LogP contribution in [0.1, 0.15) is 31.0 Å². The van der Waals surface area contributed by atoms with E-state index >= 15 is 0 Å². The van der Waals surface area contributed by atoms with Gasteiger partial charge in [-0.05, 0) is 25.3 Å². The van der Waals surface area contributed by atoms with Crippen molar-refractivity contribution in [1.82, 2.24) is 29.7 Å². The van der Waals surface area contributed by atoms with Gasteiger partial charge in [-0.15, -0.1) is 0 Å². The second-order valence-corrected chi connectivity index (χ2v) is 5.96. The molecule has 4 rings (SSSR count). The molecule has 1 saturated carbocycles. The summed E-state index contributed by atoms with van der Waals surface area (Å²) in [6, 6.07) is 2.46. The van der Waals surface area contributed by atoms with E-state index in [4.69, 9.17) is 10.4 Å². The van der Waals surface area contributed by atoms with Crippen molar-refractivity contribution in [2.45, 2.75) is 25.3 Å². The molecule has 7 nitrogen and oxygen atoms in total. The van der Waals surface area contributed by atoms with Gasteiger partial charge in [0, 0.05) is 36.8 Å². The SMILES string of the molecule is CN/C=C(\C=N)c1cn2nccc2c(-c2cnn(C3CCC3)c2)n1. The van der Waals surface area contributed by atoms with Crippen molar-refractivity contribution in [2.75, 3.05) is 7.05 Å². The molecule has 0 atom stereocenters. The van der Waals surface area contributed by atoms with Gasteiger partial charge in [-0.1, -0.05) is 0 Å². The van der Waals surface area contributed by atoms with Crippen LogP contribution in [0.15, 0.2) is 37.1 Å². The lowest BCUT2D eigenvalue weighted by Crippen LogP contribution is -2.16. The molecule has 1 fully saturated rings. The van der Waals surface area contributed by atoms with Crippen LogP contribution in [0.2, 0.25) is 0 Å². The number of fused-ring (bicyclic) bond motifs is 1. The average molecular weight is 321 g/mol. The maximum absolute atomic E-state index is 7.62. The standard InChI is InChI=1S/C17H19N7/c1-19-8-12(7-18)15-11-24-16(5-6-20-24)17(22-15)13-9-21-23(10-13)14-3-2-4-14/h5-11,14,18-19H,2-4H2,1H3/b12-8+,18-7?. The summed E-state index contributed by atoms with van der Waals surface area (Å²) in [7, 11) is 1.81. The molecule has 0 spiro atoms. The summed E-state index contributed by atoms with van der Waals surface area (Å²) >= 11 is 0. The van der Waals surface area contributed by atoms with Crippen LogP contribution in [0.4, 0.5) is 0 Å². The molecule has 3 aromatic heterocycles. The summed E-state index contributed by atoms with van der Waals surface area (Å²) in [5.41, 5.74) is 4.13. The quantitative estimate of drug-likeness (QED) is 0.707. The zero-order chi connectivity index (χ0) is 16.5. The number of aromatic nitrogens is 5. The zero-order valence-electron chi connectivity index (χ0n) is 13.5. The van der Waals surface area contributed by atoms with E-state index in [0.717, 1.165) is 16.8 Å². The van der Waals surface area contributed by atoms with Crippen molar-refractivity contribution >= 4 is 17.3 Å². The Morgan fingerprint density at radius 1 is 1.33 bits per heavy atom. The van der Waals surface area contributed by atoms with E-state index in [0.29, 0.717) is 17.3 Å². The van der Waals surface area contributed by atoms with Crippen molar-refractivity contribution < 1.29 is 0 Å². The van der Waals surface area contributed by atoms with Gasteiger partial charge in [0.2, 0.25) is 0 Å². The molecular formula is C17H19N7. The van der Waals surface area contributed by atoms with Gasteiger partial charge in [0.05, 0.1) is 41.5 Å². The highest BCUT2D eigenvalue weighted by molar-refractivity contribution is 6.07. The van der Waals surface area contributed by atoms with Crippen LogP contribution in [0, 0.1) is 5.41 Å². The molecule has 0 saturated heterocycles. The predicted molar refractivity (Wildman–Crippen MR) is 92.9 cm³/mol. The molecule has 0 aromatic carbocycles. The Kier molecular flexibility index (Phi) is 3.60. The van der Waals surface area contributed by atoms with Gasteiger partial charge >= 0.3 is 0 Å². The van der Waals surface area contributed by atoms with Gasteiger partial charge in [-0.3, -0.25) is 4.68 Å². The van der Waals surface area contributed by atoms with E-state index in [1.807, 2.05) is 23.1 Å². The minimum Gasteiger partial charge on any atom is -0.393 e. The first-order valence-electron chi connectivity index (χ1n) is 8.07. The molecule has 0 radical (unpaired) electrons. The summed E-state index contributed by atoms with van der Waals surface area (Å²) in [5, 5.41) is 19.4. The van der Waals surface area contributed by atoms with E-state index in [1.165, 1.54) is 25.5 Å². The maximum atomic E-state index is 7.62. The zero-order valence-corrected chi connectivity index (χ0v) is 13.5. The Balaban J connectivity index is 1.84. The number of hydrogen-bond donors (Lipinski definition) is 2. The molecule has 24 heavy (non-hydrogen) atoms. The molecule has 0 bridgehead atoms. The molecule has 0 amide bonds. The number of rotatable bonds is 5. The highest BCUT2D eigenvalue weighted by Crippen LogP contribution is 2.32. The van der Waals surface area contributed by atoms with E-state index in [2.05, 4.69) is 21.7 Å². The van der Waals surface area contributed by atoms with Gasteiger partial charge in [0.15, 0.2) is 0 Å². The molecule has 2 N–H and O–H groups in total. The van der Waals surface area contributed by atoms with Crippen molar-refractivity contribution in [2.24, 2.45) is 0 Å². The van der Waals surface area contributed by atoms with Crippen LogP contribution < -0.4 is 5.32 Å². The van der Waals surface area contributed by atoms with Crippen molar-refractivity contribution in [3.63, 3.8) is 0 Å². The molecule has 1 aliphatic carbocycles. The highest BCUT2D eigenvalue weighted by Gasteiger charge is 2.21. The number of allylic oxidation sites excluding steroid dienone is 1. The summed E-state index contributed by atoms with van der Waals surface area (Å²) < 4.78 is 3.84. The molecule has 3 aromatic rings. The van der Waals surface area contributed by atoms with Gasteiger partial charge in [-0.2, -0.15) is 10.2 Å². The maximum Gasteiger partial charge on any atom is 0.0999 e. The first-order chi connectivity index (χ1) is 11.8. The van der Waals surface area contributed by atoms with Gasteiger partial charge in [0.25, 0.3) is 0 Å². The lowest BCUT2D eigenvalue weighted by Gasteiger charge is -2.25. The molecule has 0 aliphatic heterocycles. The predicted octanol–water partition coefficient (Wildman–Crippen LogP) is 2.53. The van der Waals surface area contributed by atoms with Crippen LogP contribution >= 0.6 is 0 Å². The van der Waals surface area contributed by atoms with Crippen molar-refractivity contribution in [1.29, 1.82) is 5.41 Å². The van der Waals surface area contributed by atoms with Gasteiger partial charge in [0.1, 0.15) is 0 Å². The minimum atomic E-state index is 0.518. The lowest BCUT2D eigenvalue weighted by atomic mass is 9.93. The third-order valence-corrected chi connectivity index (χ3v) is 4.46. The smallest absolute Gasteiger partial charge is 0.0999 e. The normalized spacial score (nSPS) is 15.5. The van der Waals surface area contributed by atoms with Crippen LogP contribution in [0.3, 0.4) is 0 Å². The van der Waals surface area contributed by atoms with E-state index in [9.17, 15) is 0 Å². The van der Waals surface area contributed by atoms with Crippen molar-refractivity contribution in [3.8, 4) is 11.3 Å². The number of nitrogens with zero attached hydrogens (tertiary/aromatic N) is 5. The van der Waals surface area contributed by atoms with Crippen LogP contribution in [-0.4, -0.2) is 37.6 Å². The number of hydrogen-bond acceptors (Lipinski definition) is 5. The first kappa shape index (κ1) is 14.6. The monoisotopic (exact) mass is 321 g/mol. The van der Waals surface area contributed by atoms with Crippen LogP contribution in [0.25, 0.3) is 22.3 Å². The molecule has 122 valence electrons. The average Bonchev–Trinajstić information content (AvgIpc) is 3.19. The molecular weight excluding hydrogens is 302 g/mol. The minimum absolute atomic E-state index is 0.518. The van der Waals surface area contributed by atoms with Gasteiger partial charge in [-0.25, -0.2) is 9.50 Å². The second-order valence-electron chi connectivity index (χ2n) is 5.96. The Morgan fingerprint density at radius 3 is 2.92 bits per heavy atom. The highest BCUT2D eigenvalue weighted by atomic mass is 15.3. The number of nitrogens with one attached hydrogen (secondary N) is 2. The largest absolute Gasteiger partial charge is 0.393 e. The fourth-order valence-electron chi connectivity index (χ4n) is 2.93. The Hall–Kier alpha value is -2.96.